The number of piperidine rings is 1. The molecule has 176 valence electrons. The van der Waals surface area contributed by atoms with Gasteiger partial charge in [-0.25, -0.2) is 13.2 Å². The van der Waals surface area contributed by atoms with Gasteiger partial charge in [-0.2, -0.15) is 4.31 Å². The van der Waals surface area contributed by atoms with Gasteiger partial charge in [0.25, 0.3) is 5.91 Å². The van der Waals surface area contributed by atoms with Crippen LogP contribution in [0.1, 0.15) is 40.0 Å². The SMILES string of the molecule is O=C(Nc1cccc(OC(=O)c2cccc(S(=O)(=O)N3CCCCC3)c2)c1)c1ccc(Br)cc1. The van der Waals surface area contributed by atoms with E-state index in [9.17, 15) is 18.0 Å². The summed E-state index contributed by atoms with van der Waals surface area (Å²) in [6, 6.07) is 19.2. The summed E-state index contributed by atoms with van der Waals surface area (Å²) in [5, 5.41) is 2.77. The number of hydrogen-bond donors (Lipinski definition) is 1. The number of hydrogen-bond acceptors (Lipinski definition) is 5. The fourth-order valence-corrected chi connectivity index (χ4v) is 5.47. The minimum Gasteiger partial charge on any atom is -0.423 e. The molecular formula is C25H23BrN2O5S. The van der Waals surface area contributed by atoms with Gasteiger partial charge in [0.2, 0.25) is 10.0 Å². The number of anilines is 1. The van der Waals surface area contributed by atoms with Crippen LogP contribution in [-0.2, 0) is 10.0 Å². The molecule has 1 N–H and O–H groups in total. The van der Waals surface area contributed by atoms with Crippen molar-refractivity contribution in [3.63, 3.8) is 0 Å². The van der Waals surface area contributed by atoms with Gasteiger partial charge in [-0.05, 0) is 67.4 Å². The molecule has 0 aliphatic carbocycles. The molecule has 0 spiro atoms. The Morgan fingerprint density at radius 1 is 0.853 bits per heavy atom. The van der Waals surface area contributed by atoms with Crippen LogP contribution in [0.5, 0.6) is 5.75 Å². The summed E-state index contributed by atoms with van der Waals surface area (Å²) in [5.41, 5.74) is 1.07. The number of rotatable bonds is 6. The Kier molecular flexibility index (Phi) is 7.45. The van der Waals surface area contributed by atoms with Crippen LogP contribution in [0.2, 0.25) is 0 Å². The minimum absolute atomic E-state index is 0.0689. The average molecular weight is 543 g/mol. The van der Waals surface area contributed by atoms with Crippen LogP contribution < -0.4 is 10.1 Å². The van der Waals surface area contributed by atoms with E-state index in [-0.39, 0.29) is 22.1 Å². The highest BCUT2D eigenvalue weighted by Gasteiger charge is 2.26. The number of nitrogens with zero attached hydrogens (tertiary/aromatic N) is 1. The zero-order valence-corrected chi connectivity index (χ0v) is 20.6. The molecule has 1 aliphatic heterocycles. The van der Waals surface area contributed by atoms with E-state index in [1.807, 2.05) is 0 Å². The Morgan fingerprint density at radius 2 is 1.56 bits per heavy atom. The monoisotopic (exact) mass is 542 g/mol. The number of halogens is 1. The van der Waals surface area contributed by atoms with E-state index in [1.165, 1.54) is 34.6 Å². The lowest BCUT2D eigenvalue weighted by atomic mass is 10.2. The van der Waals surface area contributed by atoms with Crippen molar-refractivity contribution in [2.24, 2.45) is 0 Å². The summed E-state index contributed by atoms with van der Waals surface area (Å²) in [7, 11) is -3.67. The maximum absolute atomic E-state index is 12.9. The molecule has 1 amide bonds. The molecule has 34 heavy (non-hydrogen) atoms. The van der Waals surface area contributed by atoms with Crippen molar-refractivity contribution in [3.8, 4) is 5.75 Å². The largest absolute Gasteiger partial charge is 0.423 e. The fourth-order valence-electron chi connectivity index (χ4n) is 3.65. The summed E-state index contributed by atoms with van der Waals surface area (Å²) in [5.74, 6) is -0.762. The first kappa shape index (κ1) is 24.1. The van der Waals surface area contributed by atoms with Crippen molar-refractivity contribution in [2.45, 2.75) is 24.2 Å². The number of carbonyl (C=O) groups is 2. The molecule has 1 heterocycles. The van der Waals surface area contributed by atoms with Crippen LogP contribution >= 0.6 is 15.9 Å². The van der Waals surface area contributed by atoms with Crippen LogP contribution in [0, 0.1) is 0 Å². The number of nitrogens with one attached hydrogen (secondary N) is 1. The zero-order chi connectivity index (χ0) is 24.1. The number of benzene rings is 3. The van der Waals surface area contributed by atoms with E-state index in [1.54, 1.807) is 42.5 Å². The molecule has 0 atom stereocenters. The number of ether oxygens (including phenoxy) is 1. The van der Waals surface area contributed by atoms with Crippen LogP contribution in [0.25, 0.3) is 0 Å². The van der Waals surface area contributed by atoms with E-state index in [4.69, 9.17) is 4.74 Å². The van der Waals surface area contributed by atoms with Gasteiger partial charge in [-0.1, -0.05) is 34.5 Å². The second-order valence-electron chi connectivity index (χ2n) is 7.87. The fraction of sp³-hybridized carbons (Fsp3) is 0.200. The quantitative estimate of drug-likeness (QED) is 0.345. The second kappa shape index (κ2) is 10.5. The predicted octanol–water partition coefficient (Wildman–Crippen LogP) is 5.10. The van der Waals surface area contributed by atoms with Crippen LogP contribution in [0.15, 0.2) is 82.2 Å². The molecular weight excluding hydrogens is 520 g/mol. The van der Waals surface area contributed by atoms with Crippen molar-refractivity contribution < 1.29 is 22.7 Å². The number of sulfonamides is 1. The third kappa shape index (κ3) is 5.72. The van der Waals surface area contributed by atoms with E-state index in [0.29, 0.717) is 24.3 Å². The first-order valence-corrected chi connectivity index (χ1v) is 13.1. The topological polar surface area (TPSA) is 92.8 Å². The third-order valence-electron chi connectivity index (χ3n) is 5.43. The molecule has 0 saturated carbocycles. The standard InChI is InChI=1S/C25H23BrN2O5S/c26-20-12-10-18(11-13-20)24(29)27-21-7-5-8-22(17-21)33-25(30)19-6-4-9-23(16-19)34(31,32)28-14-2-1-3-15-28/h4-13,16-17H,1-3,14-15H2,(H,27,29). The highest BCUT2D eigenvalue weighted by Crippen LogP contribution is 2.23. The first-order valence-electron chi connectivity index (χ1n) is 10.8. The molecule has 1 fully saturated rings. The zero-order valence-electron chi connectivity index (χ0n) is 18.2. The van der Waals surface area contributed by atoms with Crippen molar-refractivity contribution in [1.82, 2.24) is 4.31 Å². The molecule has 3 aromatic carbocycles. The van der Waals surface area contributed by atoms with Crippen molar-refractivity contribution in [1.29, 1.82) is 0 Å². The molecule has 9 heteroatoms. The van der Waals surface area contributed by atoms with Gasteiger partial charge in [-0.3, -0.25) is 4.79 Å². The van der Waals surface area contributed by atoms with Gasteiger partial charge < -0.3 is 10.1 Å². The lowest BCUT2D eigenvalue weighted by Gasteiger charge is -2.25. The van der Waals surface area contributed by atoms with Gasteiger partial charge in [0.05, 0.1) is 10.5 Å². The maximum Gasteiger partial charge on any atom is 0.343 e. The van der Waals surface area contributed by atoms with E-state index < -0.39 is 16.0 Å². The van der Waals surface area contributed by atoms with E-state index in [0.717, 1.165) is 23.7 Å². The lowest BCUT2D eigenvalue weighted by Crippen LogP contribution is -2.35. The van der Waals surface area contributed by atoms with Crippen LogP contribution in [0.4, 0.5) is 5.69 Å². The average Bonchev–Trinajstić information content (AvgIpc) is 2.85. The predicted molar refractivity (Wildman–Crippen MR) is 133 cm³/mol. The molecule has 0 aromatic heterocycles. The van der Waals surface area contributed by atoms with Gasteiger partial charge in [0.15, 0.2) is 0 Å². The summed E-state index contributed by atoms with van der Waals surface area (Å²) in [6.07, 6.45) is 2.67. The molecule has 0 bridgehead atoms. The number of carbonyl (C=O) groups excluding carboxylic acids is 2. The van der Waals surface area contributed by atoms with Gasteiger partial charge in [0, 0.05) is 34.9 Å². The molecule has 7 nitrogen and oxygen atoms in total. The Bertz CT molecular complexity index is 1300. The maximum atomic E-state index is 12.9. The normalized spacial score (nSPS) is 14.4. The summed E-state index contributed by atoms with van der Waals surface area (Å²) in [4.78, 5) is 25.3. The van der Waals surface area contributed by atoms with Crippen molar-refractivity contribution in [2.75, 3.05) is 18.4 Å². The van der Waals surface area contributed by atoms with Crippen molar-refractivity contribution in [3.05, 3.63) is 88.4 Å². The Balaban J connectivity index is 1.46. The van der Waals surface area contributed by atoms with Gasteiger partial charge >= 0.3 is 5.97 Å². The molecule has 1 aliphatic rings. The highest BCUT2D eigenvalue weighted by molar-refractivity contribution is 9.10. The van der Waals surface area contributed by atoms with Crippen LogP contribution in [0.3, 0.4) is 0 Å². The Hall–Kier alpha value is -3.01. The molecule has 3 aromatic rings. The Labute approximate surface area is 206 Å². The summed E-state index contributed by atoms with van der Waals surface area (Å²) < 4.78 is 33.6. The first-order chi connectivity index (χ1) is 16.3. The molecule has 1 saturated heterocycles. The third-order valence-corrected chi connectivity index (χ3v) is 7.85. The molecule has 0 radical (unpaired) electrons. The number of esters is 1. The Morgan fingerprint density at radius 3 is 2.29 bits per heavy atom. The van der Waals surface area contributed by atoms with Gasteiger partial charge in [-0.15, -0.1) is 0 Å². The van der Waals surface area contributed by atoms with Gasteiger partial charge in [0.1, 0.15) is 5.75 Å². The number of amides is 1. The van der Waals surface area contributed by atoms with Crippen LogP contribution in [-0.4, -0.2) is 37.7 Å². The minimum atomic E-state index is -3.67. The van der Waals surface area contributed by atoms with Crippen molar-refractivity contribution >= 4 is 43.5 Å². The highest BCUT2D eigenvalue weighted by atomic mass is 79.9. The smallest absolute Gasteiger partial charge is 0.343 e. The second-order valence-corrected chi connectivity index (χ2v) is 10.7. The summed E-state index contributed by atoms with van der Waals surface area (Å²) in [6.45, 7) is 0.964. The lowest BCUT2D eigenvalue weighted by molar-refractivity contribution is 0.0734. The molecule has 0 unspecified atom stereocenters. The van der Waals surface area contributed by atoms with E-state index in [2.05, 4.69) is 21.2 Å². The van der Waals surface area contributed by atoms with E-state index >= 15 is 0 Å². The molecule has 4 rings (SSSR count). The summed E-state index contributed by atoms with van der Waals surface area (Å²) >= 11 is 3.33.